The number of halogens is 1. The van der Waals surface area contributed by atoms with E-state index in [2.05, 4.69) is 15.3 Å². The van der Waals surface area contributed by atoms with Gasteiger partial charge in [-0.05, 0) is 18.6 Å². The molecule has 19 heavy (non-hydrogen) atoms. The lowest BCUT2D eigenvalue weighted by molar-refractivity contribution is 0.529. The summed E-state index contributed by atoms with van der Waals surface area (Å²) >= 11 is 0. The first-order valence-corrected chi connectivity index (χ1v) is 5.91. The number of hydrogen-bond donors (Lipinski definition) is 1. The molecule has 0 bridgehead atoms. The average Bonchev–Trinajstić information content (AvgIpc) is 2.96. The minimum absolute atomic E-state index is 0.270. The lowest BCUT2D eigenvalue weighted by atomic mass is 10.2. The van der Waals surface area contributed by atoms with Crippen LogP contribution in [0.2, 0.25) is 0 Å². The van der Waals surface area contributed by atoms with Crippen molar-refractivity contribution in [3.05, 3.63) is 35.9 Å². The molecule has 0 aliphatic heterocycles. The molecule has 98 valence electrons. The van der Waals surface area contributed by atoms with Crippen molar-refractivity contribution in [1.29, 1.82) is 0 Å². The molecule has 1 aromatic carbocycles. The largest absolute Gasteiger partial charge is 0.369 e. The molecular formula is C12H13FN6. The average molecular weight is 260 g/mol. The third-order valence-electron chi connectivity index (χ3n) is 3.08. The monoisotopic (exact) mass is 260 g/mol. The molecule has 2 aromatic heterocycles. The van der Waals surface area contributed by atoms with Crippen LogP contribution in [-0.2, 0) is 13.1 Å². The lowest BCUT2D eigenvalue weighted by Crippen LogP contribution is -2.10. The van der Waals surface area contributed by atoms with Crippen molar-refractivity contribution in [1.82, 2.24) is 24.5 Å². The van der Waals surface area contributed by atoms with Crippen LogP contribution >= 0.6 is 0 Å². The summed E-state index contributed by atoms with van der Waals surface area (Å²) in [5.41, 5.74) is 7.85. The maximum atomic E-state index is 13.5. The van der Waals surface area contributed by atoms with Gasteiger partial charge in [-0.15, -0.1) is 5.10 Å². The van der Waals surface area contributed by atoms with Gasteiger partial charge in [0.05, 0.1) is 23.8 Å². The molecule has 6 nitrogen and oxygen atoms in total. The van der Waals surface area contributed by atoms with Crippen LogP contribution in [0.1, 0.15) is 5.56 Å². The first-order valence-electron chi connectivity index (χ1n) is 5.91. The van der Waals surface area contributed by atoms with Crippen molar-refractivity contribution in [2.45, 2.75) is 20.0 Å². The van der Waals surface area contributed by atoms with Crippen LogP contribution in [0, 0.1) is 12.7 Å². The van der Waals surface area contributed by atoms with Crippen LogP contribution in [0.5, 0.6) is 0 Å². The Hall–Kier alpha value is -2.44. The van der Waals surface area contributed by atoms with Gasteiger partial charge >= 0.3 is 0 Å². The predicted octanol–water partition coefficient (Wildman–Crippen LogP) is 1.36. The number of fused-ring (bicyclic) bond motifs is 1. The Morgan fingerprint density at radius 3 is 2.89 bits per heavy atom. The van der Waals surface area contributed by atoms with Gasteiger partial charge < -0.3 is 10.3 Å². The van der Waals surface area contributed by atoms with Crippen LogP contribution in [-0.4, -0.2) is 24.5 Å². The predicted molar refractivity (Wildman–Crippen MR) is 68.9 cm³/mol. The molecule has 0 aliphatic rings. The number of aryl methyl sites for hydroxylation is 3. The van der Waals surface area contributed by atoms with Gasteiger partial charge in [-0.25, -0.2) is 9.37 Å². The SMILES string of the molecule is Cc1cc2c(cc1F)nc(N)n2CCn1ccnn1. The van der Waals surface area contributed by atoms with Gasteiger partial charge in [0.25, 0.3) is 0 Å². The molecule has 0 amide bonds. The van der Waals surface area contributed by atoms with E-state index in [1.807, 2.05) is 4.57 Å². The summed E-state index contributed by atoms with van der Waals surface area (Å²) in [6.45, 7) is 2.96. The molecular weight excluding hydrogens is 247 g/mol. The highest BCUT2D eigenvalue weighted by atomic mass is 19.1. The fourth-order valence-corrected chi connectivity index (χ4v) is 2.06. The third kappa shape index (κ3) is 2.03. The van der Waals surface area contributed by atoms with E-state index in [4.69, 9.17) is 5.73 Å². The van der Waals surface area contributed by atoms with E-state index in [9.17, 15) is 4.39 Å². The van der Waals surface area contributed by atoms with Crippen LogP contribution in [0.25, 0.3) is 11.0 Å². The van der Waals surface area contributed by atoms with Crippen molar-refractivity contribution < 1.29 is 4.39 Å². The summed E-state index contributed by atoms with van der Waals surface area (Å²) in [5.74, 6) is 0.105. The van der Waals surface area contributed by atoms with Gasteiger partial charge in [0.15, 0.2) is 0 Å². The van der Waals surface area contributed by atoms with Gasteiger partial charge in [-0.2, -0.15) is 0 Å². The molecule has 7 heteroatoms. The molecule has 3 aromatic rings. The van der Waals surface area contributed by atoms with E-state index in [0.29, 0.717) is 30.1 Å². The summed E-state index contributed by atoms with van der Waals surface area (Å²) in [4.78, 5) is 4.17. The Balaban J connectivity index is 1.98. The van der Waals surface area contributed by atoms with E-state index in [0.717, 1.165) is 5.52 Å². The van der Waals surface area contributed by atoms with Gasteiger partial charge in [-0.3, -0.25) is 4.68 Å². The van der Waals surface area contributed by atoms with E-state index in [1.54, 1.807) is 30.1 Å². The second-order valence-electron chi connectivity index (χ2n) is 4.38. The first-order chi connectivity index (χ1) is 9.15. The molecule has 2 heterocycles. The Bertz CT molecular complexity index is 715. The highest BCUT2D eigenvalue weighted by Crippen LogP contribution is 2.21. The fraction of sp³-hybridized carbons (Fsp3) is 0.250. The highest BCUT2D eigenvalue weighted by molar-refractivity contribution is 5.79. The molecule has 0 saturated carbocycles. The van der Waals surface area contributed by atoms with Crippen molar-refractivity contribution in [2.24, 2.45) is 0 Å². The summed E-state index contributed by atoms with van der Waals surface area (Å²) in [6, 6.07) is 3.17. The quantitative estimate of drug-likeness (QED) is 0.771. The number of rotatable bonds is 3. The number of nitrogen functional groups attached to an aromatic ring is 1. The van der Waals surface area contributed by atoms with Crippen molar-refractivity contribution in [2.75, 3.05) is 5.73 Å². The van der Waals surface area contributed by atoms with E-state index in [1.165, 1.54) is 6.07 Å². The summed E-state index contributed by atoms with van der Waals surface area (Å²) in [7, 11) is 0. The molecule has 3 rings (SSSR count). The molecule has 0 fully saturated rings. The normalized spacial score (nSPS) is 11.3. The minimum Gasteiger partial charge on any atom is -0.369 e. The summed E-state index contributed by atoms with van der Waals surface area (Å²) in [6.07, 6.45) is 3.40. The smallest absolute Gasteiger partial charge is 0.201 e. The number of nitrogens with zero attached hydrogens (tertiary/aromatic N) is 5. The number of benzene rings is 1. The number of imidazole rings is 1. The topological polar surface area (TPSA) is 74.5 Å². The van der Waals surface area contributed by atoms with Crippen LogP contribution < -0.4 is 5.73 Å². The Labute approximate surface area is 108 Å². The molecule has 0 aliphatic carbocycles. The number of aromatic nitrogens is 5. The fourth-order valence-electron chi connectivity index (χ4n) is 2.06. The van der Waals surface area contributed by atoms with Gasteiger partial charge in [0.1, 0.15) is 5.82 Å². The Kier molecular flexibility index (Phi) is 2.66. The zero-order valence-electron chi connectivity index (χ0n) is 10.4. The van der Waals surface area contributed by atoms with Gasteiger partial charge in [0.2, 0.25) is 5.95 Å². The summed E-state index contributed by atoms with van der Waals surface area (Å²) in [5, 5.41) is 7.63. The highest BCUT2D eigenvalue weighted by Gasteiger charge is 2.10. The molecule has 0 atom stereocenters. The Morgan fingerprint density at radius 2 is 2.16 bits per heavy atom. The number of hydrogen-bond acceptors (Lipinski definition) is 4. The van der Waals surface area contributed by atoms with E-state index >= 15 is 0 Å². The zero-order valence-corrected chi connectivity index (χ0v) is 10.4. The minimum atomic E-state index is -0.270. The first kappa shape index (κ1) is 11.6. The van der Waals surface area contributed by atoms with Crippen LogP contribution in [0.4, 0.5) is 10.3 Å². The summed E-state index contributed by atoms with van der Waals surface area (Å²) < 4.78 is 17.0. The van der Waals surface area contributed by atoms with Gasteiger partial charge in [0, 0.05) is 18.8 Å². The molecule has 0 saturated heterocycles. The zero-order chi connectivity index (χ0) is 13.4. The number of nitrogens with two attached hydrogens (primary N) is 1. The van der Waals surface area contributed by atoms with Gasteiger partial charge in [-0.1, -0.05) is 5.21 Å². The van der Waals surface area contributed by atoms with E-state index < -0.39 is 0 Å². The van der Waals surface area contributed by atoms with Crippen molar-refractivity contribution in [3.8, 4) is 0 Å². The second kappa shape index (κ2) is 4.34. The molecule has 0 radical (unpaired) electrons. The number of anilines is 1. The molecule has 0 unspecified atom stereocenters. The van der Waals surface area contributed by atoms with Crippen molar-refractivity contribution >= 4 is 17.0 Å². The maximum absolute atomic E-state index is 13.5. The Morgan fingerprint density at radius 1 is 1.32 bits per heavy atom. The van der Waals surface area contributed by atoms with Crippen molar-refractivity contribution in [3.63, 3.8) is 0 Å². The van der Waals surface area contributed by atoms with Crippen LogP contribution in [0.3, 0.4) is 0 Å². The molecule has 2 N–H and O–H groups in total. The lowest BCUT2D eigenvalue weighted by Gasteiger charge is -2.06. The van der Waals surface area contributed by atoms with E-state index in [-0.39, 0.29) is 5.82 Å². The molecule has 0 spiro atoms. The third-order valence-corrected chi connectivity index (χ3v) is 3.08. The maximum Gasteiger partial charge on any atom is 0.201 e. The van der Waals surface area contributed by atoms with Crippen LogP contribution in [0.15, 0.2) is 24.5 Å². The second-order valence-corrected chi connectivity index (χ2v) is 4.38. The standard InChI is InChI=1S/C12H13FN6/c1-8-6-11-10(7-9(8)13)16-12(14)19(11)5-4-18-3-2-15-17-18/h2-3,6-7H,4-5H2,1H3,(H2,14,16).